The summed E-state index contributed by atoms with van der Waals surface area (Å²) in [6, 6.07) is 0. The van der Waals surface area contributed by atoms with Gasteiger partial charge in [0, 0.05) is 25.2 Å². The van der Waals surface area contributed by atoms with E-state index in [1.165, 1.54) is 19.3 Å². The molecule has 0 amide bonds. The van der Waals surface area contributed by atoms with Gasteiger partial charge in [-0.3, -0.25) is 0 Å². The fraction of sp³-hybridized carbons (Fsp3) is 1.00. The molecular formula is C11H24N2O. The summed E-state index contributed by atoms with van der Waals surface area (Å²) in [6.07, 6.45) is 5.14. The third-order valence-electron chi connectivity index (χ3n) is 2.98. The molecule has 0 bridgehead atoms. The van der Waals surface area contributed by atoms with Crippen molar-refractivity contribution in [3.63, 3.8) is 0 Å². The maximum atomic E-state index is 6.03. The van der Waals surface area contributed by atoms with Crippen LogP contribution >= 0.6 is 0 Å². The van der Waals surface area contributed by atoms with Gasteiger partial charge in [0.2, 0.25) is 0 Å². The van der Waals surface area contributed by atoms with Crippen molar-refractivity contribution < 1.29 is 4.74 Å². The number of hydrogen-bond donors (Lipinski definition) is 2. The molecule has 0 spiro atoms. The highest BCUT2D eigenvalue weighted by Crippen LogP contribution is 2.11. The summed E-state index contributed by atoms with van der Waals surface area (Å²) in [5, 5.41) is 3.40. The highest BCUT2D eigenvalue weighted by molar-refractivity contribution is 4.80. The molecule has 0 aliphatic carbocycles. The first-order chi connectivity index (χ1) is 6.64. The van der Waals surface area contributed by atoms with Gasteiger partial charge >= 0.3 is 0 Å². The highest BCUT2D eigenvalue weighted by atomic mass is 16.5. The van der Waals surface area contributed by atoms with E-state index < -0.39 is 0 Å². The van der Waals surface area contributed by atoms with E-state index in [1.807, 2.05) is 0 Å². The number of ether oxygens (including phenoxy) is 1. The molecule has 14 heavy (non-hydrogen) atoms. The molecule has 3 nitrogen and oxygen atoms in total. The van der Waals surface area contributed by atoms with Gasteiger partial charge in [0.25, 0.3) is 0 Å². The number of hydrogen-bond acceptors (Lipinski definition) is 3. The van der Waals surface area contributed by atoms with Crippen LogP contribution in [0, 0.1) is 0 Å². The molecule has 0 aromatic rings. The van der Waals surface area contributed by atoms with Crippen LogP contribution in [-0.4, -0.2) is 31.3 Å². The second-order valence-corrected chi connectivity index (χ2v) is 4.63. The van der Waals surface area contributed by atoms with Crippen molar-refractivity contribution in [2.45, 2.75) is 51.2 Å². The normalized spacial score (nSPS) is 27.2. The van der Waals surface area contributed by atoms with Gasteiger partial charge in [-0.25, -0.2) is 0 Å². The molecule has 2 unspecified atom stereocenters. The summed E-state index contributed by atoms with van der Waals surface area (Å²) >= 11 is 0. The molecule has 1 rings (SSSR count). The van der Waals surface area contributed by atoms with Gasteiger partial charge < -0.3 is 15.8 Å². The summed E-state index contributed by atoms with van der Waals surface area (Å²) in [4.78, 5) is 0. The lowest BCUT2D eigenvalue weighted by Crippen LogP contribution is -2.47. The topological polar surface area (TPSA) is 47.3 Å². The van der Waals surface area contributed by atoms with Crippen LogP contribution in [0.2, 0.25) is 0 Å². The van der Waals surface area contributed by atoms with Crippen molar-refractivity contribution in [2.24, 2.45) is 5.73 Å². The minimum absolute atomic E-state index is 0.0747. The summed E-state index contributed by atoms with van der Waals surface area (Å²) in [5.74, 6) is 0. The van der Waals surface area contributed by atoms with Crippen LogP contribution in [0.5, 0.6) is 0 Å². The molecule has 0 saturated carbocycles. The van der Waals surface area contributed by atoms with E-state index in [9.17, 15) is 0 Å². The average Bonchev–Trinajstić information content (AvgIpc) is 2.19. The molecule has 3 heteroatoms. The van der Waals surface area contributed by atoms with Crippen molar-refractivity contribution in [3.8, 4) is 0 Å². The smallest absolute Gasteiger partial charge is 0.0699 e. The van der Waals surface area contributed by atoms with E-state index in [0.29, 0.717) is 6.10 Å². The fourth-order valence-electron chi connectivity index (χ4n) is 1.61. The van der Waals surface area contributed by atoms with Gasteiger partial charge in [-0.1, -0.05) is 6.92 Å². The van der Waals surface area contributed by atoms with Crippen LogP contribution < -0.4 is 11.1 Å². The predicted molar refractivity (Wildman–Crippen MR) is 59.3 cm³/mol. The van der Waals surface area contributed by atoms with E-state index in [1.54, 1.807) is 0 Å². The minimum atomic E-state index is -0.0747. The van der Waals surface area contributed by atoms with E-state index in [0.717, 1.165) is 26.1 Å². The molecule has 1 saturated heterocycles. The predicted octanol–water partition coefficient (Wildman–Crippen LogP) is 1.27. The zero-order valence-electron chi connectivity index (χ0n) is 9.51. The van der Waals surface area contributed by atoms with Gasteiger partial charge in [0.15, 0.2) is 0 Å². The Labute approximate surface area is 87.4 Å². The number of nitrogens with two attached hydrogens (primary N) is 1. The Balaban J connectivity index is 2.08. The molecule has 1 fully saturated rings. The van der Waals surface area contributed by atoms with Gasteiger partial charge in [0.05, 0.1) is 6.10 Å². The summed E-state index contributed by atoms with van der Waals surface area (Å²) in [5.41, 5.74) is 5.95. The Hall–Kier alpha value is -0.120. The van der Waals surface area contributed by atoms with Gasteiger partial charge in [0.1, 0.15) is 0 Å². The van der Waals surface area contributed by atoms with Crippen LogP contribution in [0.1, 0.15) is 39.5 Å². The van der Waals surface area contributed by atoms with Crippen molar-refractivity contribution in [3.05, 3.63) is 0 Å². The molecule has 0 aromatic carbocycles. The largest absolute Gasteiger partial charge is 0.377 e. The monoisotopic (exact) mass is 200 g/mol. The van der Waals surface area contributed by atoms with Gasteiger partial charge in [-0.05, 0) is 32.6 Å². The second kappa shape index (κ2) is 5.69. The minimum Gasteiger partial charge on any atom is -0.377 e. The third-order valence-corrected chi connectivity index (χ3v) is 2.98. The molecule has 84 valence electrons. The van der Waals surface area contributed by atoms with Crippen LogP contribution in [0.25, 0.3) is 0 Å². The van der Waals surface area contributed by atoms with Crippen molar-refractivity contribution in [2.75, 3.05) is 19.7 Å². The standard InChI is InChI=1S/C11H24N2O/c1-3-11(2,12)9-13-8-10-6-4-5-7-14-10/h10,13H,3-9,12H2,1-2H3. The SMILES string of the molecule is CCC(C)(N)CNCC1CCCCO1. The number of rotatable bonds is 5. The maximum absolute atomic E-state index is 6.03. The Morgan fingerprint density at radius 3 is 2.86 bits per heavy atom. The van der Waals surface area contributed by atoms with Crippen molar-refractivity contribution in [1.29, 1.82) is 0 Å². The molecule has 1 aliphatic heterocycles. The zero-order chi connectivity index (χ0) is 10.4. The average molecular weight is 200 g/mol. The zero-order valence-corrected chi connectivity index (χ0v) is 9.51. The van der Waals surface area contributed by atoms with Crippen LogP contribution in [-0.2, 0) is 4.74 Å². The first kappa shape index (κ1) is 12.0. The molecule has 0 radical (unpaired) electrons. The van der Waals surface area contributed by atoms with Crippen molar-refractivity contribution >= 4 is 0 Å². The van der Waals surface area contributed by atoms with E-state index >= 15 is 0 Å². The Kier molecular flexibility index (Phi) is 4.85. The van der Waals surface area contributed by atoms with E-state index in [-0.39, 0.29) is 5.54 Å². The van der Waals surface area contributed by atoms with E-state index in [2.05, 4.69) is 19.2 Å². The number of nitrogens with one attached hydrogen (secondary N) is 1. The van der Waals surface area contributed by atoms with Gasteiger partial charge in [-0.2, -0.15) is 0 Å². The molecule has 0 aromatic heterocycles. The summed E-state index contributed by atoms with van der Waals surface area (Å²) in [6.45, 7) is 6.97. The lowest BCUT2D eigenvalue weighted by molar-refractivity contribution is 0.0164. The van der Waals surface area contributed by atoms with Crippen LogP contribution in [0.4, 0.5) is 0 Å². The van der Waals surface area contributed by atoms with E-state index in [4.69, 9.17) is 10.5 Å². The van der Waals surface area contributed by atoms with Gasteiger partial charge in [-0.15, -0.1) is 0 Å². The lowest BCUT2D eigenvalue weighted by atomic mass is 10.0. The Morgan fingerprint density at radius 2 is 2.29 bits per heavy atom. The first-order valence-corrected chi connectivity index (χ1v) is 5.75. The molecule has 1 heterocycles. The molecular weight excluding hydrogens is 176 g/mol. The third kappa shape index (κ3) is 4.40. The summed E-state index contributed by atoms with van der Waals surface area (Å²) < 4.78 is 5.62. The second-order valence-electron chi connectivity index (χ2n) is 4.63. The lowest BCUT2D eigenvalue weighted by Gasteiger charge is -2.27. The fourth-order valence-corrected chi connectivity index (χ4v) is 1.61. The summed E-state index contributed by atoms with van der Waals surface area (Å²) in [7, 11) is 0. The molecule has 1 aliphatic rings. The van der Waals surface area contributed by atoms with Crippen molar-refractivity contribution in [1.82, 2.24) is 5.32 Å². The Morgan fingerprint density at radius 1 is 1.50 bits per heavy atom. The first-order valence-electron chi connectivity index (χ1n) is 5.75. The molecule has 2 atom stereocenters. The highest BCUT2D eigenvalue weighted by Gasteiger charge is 2.17. The quantitative estimate of drug-likeness (QED) is 0.702. The van der Waals surface area contributed by atoms with Crippen LogP contribution in [0.3, 0.4) is 0 Å². The maximum Gasteiger partial charge on any atom is 0.0699 e. The van der Waals surface area contributed by atoms with Crippen LogP contribution in [0.15, 0.2) is 0 Å². The Bertz CT molecular complexity index is 153. The molecule has 3 N–H and O–H groups in total.